The van der Waals surface area contributed by atoms with Gasteiger partial charge in [-0.2, -0.15) is 0 Å². The maximum atomic E-state index is 11.9. The molecule has 0 aliphatic heterocycles. The maximum Gasteiger partial charge on any atom is 0.326 e. The van der Waals surface area contributed by atoms with Gasteiger partial charge < -0.3 is 4.74 Å². The minimum absolute atomic E-state index is 0.0865. The third kappa shape index (κ3) is 2.87. The van der Waals surface area contributed by atoms with Crippen molar-refractivity contribution in [1.29, 1.82) is 0 Å². The molecule has 5 nitrogen and oxygen atoms in total. The second-order valence-electron chi connectivity index (χ2n) is 4.68. The van der Waals surface area contributed by atoms with E-state index in [4.69, 9.17) is 4.74 Å². The van der Waals surface area contributed by atoms with Gasteiger partial charge in [-0.25, -0.2) is 9.97 Å². The Labute approximate surface area is 136 Å². The molecule has 0 aliphatic carbocycles. The van der Waals surface area contributed by atoms with Gasteiger partial charge in [-0.3, -0.25) is 9.36 Å². The van der Waals surface area contributed by atoms with Crippen LogP contribution >= 0.6 is 15.9 Å². The number of benzene rings is 1. The van der Waals surface area contributed by atoms with Gasteiger partial charge in [0.1, 0.15) is 17.9 Å². The Kier molecular flexibility index (Phi) is 4.20. The van der Waals surface area contributed by atoms with Crippen LogP contribution in [0.5, 0.6) is 0 Å². The summed E-state index contributed by atoms with van der Waals surface area (Å²) in [5.41, 5.74) is 2.34. The maximum absolute atomic E-state index is 11.9. The molecule has 0 radical (unpaired) electrons. The second kappa shape index (κ2) is 6.27. The average molecular weight is 360 g/mol. The summed E-state index contributed by atoms with van der Waals surface area (Å²) in [5.74, 6) is 0.395. The summed E-state index contributed by atoms with van der Waals surface area (Å²) in [7, 11) is 0. The van der Waals surface area contributed by atoms with E-state index in [1.165, 1.54) is 0 Å². The summed E-state index contributed by atoms with van der Waals surface area (Å²) < 4.78 is 7.79. The van der Waals surface area contributed by atoms with E-state index in [9.17, 15) is 4.79 Å². The molecule has 2 aromatic heterocycles. The number of pyridine rings is 1. The van der Waals surface area contributed by atoms with Gasteiger partial charge in [-0.05, 0) is 31.2 Å². The Morgan fingerprint density at radius 3 is 2.95 bits per heavy atom. The molecule has 0 saturated heterocycles. The number of ether oxygens (including phenoxy) is 1. The fraction of sp³-hybridized carbons (Fsp3) is 0.188. The molecule has 0 N–H and O–H groups in total. The third-order valence-electron chi connectivity index (χ3n) is 3.18. The molecule has 3 rings (SSSR count). The Bertz CT molecular complexity index is 829. The zero-order valence-corrected chi connectivity index (χ0v) is 13.6. The summed E-state index contributed by atoms with van der Waals surface area (Å²) in [6.07, 6.45) is 1.69. The van der Waals surface area contributed by atoms with E-state index in [0.29, 0.717) is 18.1 Å². The van der Waals surface area contributed by atoms with Crippen LogP contribution in [0.15, 0.2) is 47.1 Å². The number of nitrogens with zero attached hydrogens (tertiary/aromatic N) is 3. The number of imidazole rings is 1. The van der Waals surface area contributed by atoms with Gasteiger partial charge in [0.05, 0.1) is 6.61 Å². The third-order valence-corrected chi connectivity index (χ3v) is 3.67. The molecule has 112 valence electrons. The molecule has 0 spiro atoms. The fourth-order valence-electron chi connectivity index (χ4n) is 2.29. The van der Waals surface area contributed by atoms with Gasteiger partial charge in [0.15, 0.2) is 5.65 Å². The molecule has 0 atom stereocenters. The van der Waals surface area contributed by atoms with Crippen LogP contribution in [-0.4, -0.2) is 27.1 Å². The molecule has 0 saturated carbocycles. The number of fused-ring (bicyclic) bond motifs is 1. The lowest BCUT2D eigenvalue weighted by Gasteiger charge is -2.08. The fourth-order valence-corrected chi connectivity index (χ4v) is 2.69. The van der Waals surface area contributed by atoms with Crippen molar-refractivity contribution in [2.24, 2.45) is 0 Å². The highest BCUT2D eigenvalue weighted by molar-refractivity contribution is 9.10. The Morgan fingerprint density at radius 2 is 2.18 bits per heavy atom. The van der Waals surface area contributed by atoms with Crippen molar-refractivity contribution in [2.75, 3.05) is 6.61 Å². The highest BCUT2D eigenvalue weighted by atomic mass is 79.9. The first-order valence-corrected chi connectivity index (χ1v) is 7.71. The number of hydrogen-bond acceptors (Lipinski definition) is 4. The van der Waals surface area contributed by atoms with Gasteiger partial charge in [0.2, 0.25) is 0 Å². The summed E-state index contributed by atoms with van der Waals surface area (Å²) in [5, 5.41) is 0. The van der Waals surface area contributed by atoms with E-state index in [1.54, 1.807) is 17.7 Å². The molecular weight excluding hydrogens is 346 g/mol. The van der Waals surface area contributed by atoms with Crippen LogP contribution in [0.4, 0.5) is 0 Å². The van der Waals surface area contributed by atoms with E-state index < -0.39 is 0 Å². The average Bonchev–Trinajstić information content (AvgIpc) is 2.86. The van der Waals surface area contributed by atoms with Gasteiger partial charge in [-0.1, -0.05) is 28.1 Å². The zero-order chi connectivity index (χ0) is 15.5. The van der Waals surface area contributed by atoms with Gasteiger partial charge >= 0.3 is 5.97 Å². The van der Waals surface area contributed by atoms with Crippen molar-refractivity contribution < 1.29 is 9.53 Å². The molecule has 0 aliphatic rings. The van der Waals surface area contributed by atoms with Crippen LogP contribution in [0.1, 0.15) is 6.92 Å². The smallest absolute Gasteiger partial charge is 0.326 e. The number of carbonyl (C=O) groups excluding carboxylic acids is 1. The van der Waals surface area contributed by atoms with Crippen LogP contribution in [0.3, 0.4) is 0 Å². The summed E-state index contributed by atoms with van der Waals surface area (Å²) in [4.78, 5) is 20.8. The van der Waals surface area contributed by atoms with Crippen LogP contribution in [-0.2, 0) is 16.1 Å². The van der Waals surface area contributed by atoms with Crippen molar-refractivity contribution in [3.05, 3.63) is 47.1 Å². The van der Waals surface area contributed by atoms with E-state index in [0.717, 1.165) is 15.6 Å². The summed E-state index contributed by atoms with van der Waals surface area (Å²) in [6, 6.07) is 11.5. The van der Waals surface area contributed by atoms with E-state index in [-0.39, 0.29) is 12.5 Å². The van der Waals surface area contributed by atoms with Crippen LogP contribution in [0.25, 0.3) is 22.6 Å². The lowest BCUT2D eigenvalue weighted by Crippen LogP contribution is -2.14. The monoisotopic (exact) mass is 359 g/mol. The molecule has 0 bridgehead atoms. The first kappa shape index (κ1) is 14.7. The van der Waals surface area contributed by atoms with Crippen molar-refractivity contribution in [2.45, 2.75) is 13.5 Å². The first-order valence-electron chi connectivity index (χ1n) is 6.92. The highest BCUT2D eigenvalue weighted by Crippen LogP contribution is 2.25. The standard InChI is InChI=1S/C16H14BrN3O2/c1-2-22-14(21)10-20-15(11-5-3-6-12(17)9-11)19-13-7-4-8-18-16(13)20/h3-9H,2,10H2,1H3. The van der Waals surface area contributed by atoms with Gasteiger partial charge in [0.25, 0.3) is 0 Å². The number of aromatic nitrogens is 3. The molecule has 3 aromatic rings. The molecule has 6 heteroatoms. The van der Waals surface area contributed by atoms with Crippen molar-refractivity contribution in [3.8, 4) is 11.4 Å². The molecule has 22 heavy (non-hydrogen) atoms. The van der Waals surface area contributed by atoms with E-state index in [2.05, 4.69) is 25.9 Å². The minimum atomic E-state index is -0.302. The van der Waals surface area contributed by atoms with E-state index >= 15 is 0 Å². The van der Waals surface area contributed by atoms with E-state index in [1.807, 2.05) is 36.4 Å². The molecule has 0 amide bonds. The van der Waals surface area contributed by atoms with Crippen molar-refractivity contribution >= 4 is 33.1 Å². The predicted molar refractivity (Wildman–Crippen MR) is 87.3 cm³/mol. The molecule has 0 fully saturated rings. The molecule has 2 heterocycles. The Balaban J connectivity index is 2.14. The minimum Gasteiger partial charge on any atom is -0.465 e. The number of rotatable bonds is 4. The number of hydrogen-bond donors (Lipinski definition) is 0. The number of halogens is 1. The quantitative estimate of drug-likeness (QED) is 0.669. The number of carbonyl (C=O) groups is 1. The predicted octanol–water partition coefficient (Wildman–Crippen LogP) is 3.42. The first-order chi connectivity index (χ1) is 10.7. The molecule has 1 aromatic carbocycles. The van der Waals surface area contributed by atoms with Crippen molar-refractivity contribution in [1.82, 2.24) is 14.5 Å². The largest absolute Gasteiger partial charge is 0.465 e. The van der Waals surface area contributed by atoms with Gasteiger partial charge in [-0.15, -0.1) is 0 Å². The van der Waals surface area contributed by atoms with Crippen LogP contribution in [0.2, 0.25) is 0 Å². The summed E-state index contributed by atoms with van der Waals surface area (Å²) in [6.45, 7) is 2.23. The van der Waals surface area contributed by atoms with Crippen LogP contribution < -0.4 is 0 Å². The van der Waals surface area contributed by atoms with Gasteiger partial charge in [0, 0.05) is 16.2 Å². The topological polar surface area (TPSA) is 57.0 Å². The van der Waals surface area contributed by atoms with Crippen LogP contribution in [0, 0.1) is 0 Å². The normalized spacial score (nSPS) is 10.8. The summed E-state index contributed by atoms with van der Waals surface area (Å²) >= 11 is 3.46. The second-order valence-corrected chi connectivity index (χ2v) is 5.60. The lowest BCUT2D eigenvalue weighted by molar-refractivity contribution is -0.143. The Morgan fingerprint density at radius 1 is 1.32 bits per heavy atom. The number of esters is 1. The zero-order valence-electron chi connectivity index (χ0n) is 12.0. The molecular formula is C16H14BrN3O2. The Hall–Kier alpha value is -2.21. The van der Waals surface area contributed by atoms with Crippen molar-refractivity contribution in [3.63, 3.8) is 0 Å². The molecule has 0 unspecified atom stereocenters. The highest BCUT2D eigenvalue weighted by Gasteiger charge is 2.16. The lowest BCUT2D eigenvalue weighted by atomic mass is 10.2. The SMILES string of the molecule is CCOC(=O)Cn1c(-c2cccc(Br)c2)nc2cccnc21.